The van der Waals surface area contributed by atoms with Gasteiger partial charge in [-0.2, -0.15) is 0 Å². The molecule has 0 N–H and O–H groups in total. The number of hydrogen-bond acceptors (Lipinski definition) is 5. The number of furan rings is 1. The molecule has 0 unspecified atom stereocenters. The van der Waals surface area contributed by atoms with Crippen molar-refractivity contribution in [1.82, 2.24) is 14.8 Å². The van der Waals surface area contributed by atoms with Crippen molar-refractivity contribution in [1.29, 1.82) is 0 Å². The lowest BCUT2D eigenvalue weighted by Crippen LogP contribution is -2.43. The summed E-state index contributed by atoms with van der Waals surface area (Å²) in [5.41, 5.74) is 1.33. The van der Waals surface area contributed by atoms with Crippen molar-refractivity contribution in [3.05, 3.63) is 54.2 Å². The molecule has 5 nitrogen and oxygen atoms in total. The van der Waals surface area contributed by atoms with Crippen LogP contribution >= 0.6 is 0 Å². The van der Waals surface area contributed by atoms with Gasteiger partial charge in [-0.3, -0.25) is 14.8 Å². The maximum Gasteiger partial charge on any atom is 0.117 e. The van der Waals surface area contributed by atoms with Gasteiger partial charge in [-0.1, -0.05) is 13.0 Å². The number of rotatable bonds is 4. The normalized spacial score (nSPS) is 28.4. The summed E-state index contributed by atoms with van der Waals surface area (Å²) < 4.78 is 11.6. The molecule has 2 aromatic heterocycles. The van der Waals surface area contributed by atoms with E-state index >= 15 is 0 Å². The Balaban J connectivity index is 1.45. The first kappa shape index (κ1) is 16.8. The summed E-state index contributed by atoms with van der Waals surface area (Å²) in [4.78, 5) is 9.52. The van der Waals surface area contributed by atoms with Gasteiger partial charge in [0.25, 0.3) is 0 Å². The average molecular weight is 341 g/mol. The van der Waals surface area contributed by atoms with E-state index in [2.05, 4.69) is 39.9 Å². The molecule has 0 radical (unpaired) electrons. The lowest BCUT2D eigenvalue weighted by molar-refractivity contribution is 0.0496. The van der Waals surface area contributed by atoms with Gasteiger partial charge < -0.3 is 9.15 Å². The fourth-order valence-electron chi connectivity index (χ4n) is 4.28. The van der Waals surface area contributed by atoms with Gasteiger partial charge in [0.1, 0.15) is 5.76 Å². The maximum absolute atomic E-state index is 6.04. The molecule has 0 aliphatic carbocycles. The van der Waals surface area contributed by atoms with E-state index in [1.807, 2.05) is 18.3 Å². The van der Waals surface area contributed by atoms with E-state index in [-0.39, 0.29) is 5.41 Å². The van der Waals surface area contributed by atoms with E-state index in [9.17, 15) is 0 Å². The van der Waals surface area contributed by atoms with Crippen LogP contribution < -0.4 is 0 Å². The molecule has 2 atom stereocenters. The number of aromatic nitrogens is 1. The van der Waals surface area contributed by atoms with Crippen LogP contribution in [-0.2, 0) is 17.8 Å². The lowest BCUT2D eigenvalue weighted by Gasteiger charge is -2.35. The molecule has 2 fully saturated rings. The van der Waals surface area contributed by atoms with E-state index in [0.29, 0.717) is 5.92 Å². The molecule has 2 aliphatic heterocycles. The standard InChI is InChI=1S/C20H27N3O2/c1-17-11-23(13-19-6-4-9-25-19)15-20(17)14-22(8-10-24-16-20)12-18-5-2-3-7-21-18/h2-7,9,17H,8,10-16H2,1H3/t17-,20-/m1/s1. The second-order valence-electron chi connectivity index (χ2n) is 7.60. The summed E-state index contributed by atoms with van der Waals surface area (Å²) in [5.74, 6) is 1.65. The van der Waals surface area contributed by atoms with E-state index in [0.717, 1.165) is 63.9 Å². The van der Waals surface area contributed by atoms with Gasteiger partial charge in [-0.15, -0.1) is 0 Å². The minimum Gasteiger partial charge on any atom is -0.468 e. The van der Waals surface area contributed by atoms with E-state index < -0.39 is 0 Å². The predicted octanol–water partition coefficient (Wildman–Crippen LogP) is 2.65. The van der Waals surface area contributed by atoms with Crippen LogP contribution in [-0.4, -0.2) is 54.2 Å². The Morgan fingerprint density at radius 3 is 2.88 bits per heavy atom. The highest BCUT2D eigenvalue weighted by atomic mass is 16.5. The summed E-state index contributed by atoms with van der Waals surface area (Å²) in [7, 11) is 0. The maximum atomic E-state index is 6.04. The predicted molar refractivity (Wildman–Crippen MR) is 95.9 cm³/mol. The van der Waals surface area contributed by atoms with Crippen LogP contribution in [0.2, 0.25) is 0 Å². The summed E-state index contributed by atoms with van der Waals surface area (Å²) in [6.07, 6.45) is 3.64. The third-order valence-electron chi connectivity index (χ3n) is 5.67. The molecule has 1 spiro atoms. The van der Waals surface area contributed by atoms with Crippen molar-refractivity contribution >= 4 is 0 Å². The Bertz CT molecular complexity index is 661. The molecular weight excluding hydrogens is 314 g/mol. The smallest absolute Gasteiger partial charge is 0.117 e. The fourth-order valence-corrected chi connectivity index (χ4v) is 4.28. The number of ether oxygens (including phenoxy) is 1. The zero-order chi connectivity index (χ0) is 17.1. The third kappa shape index (κ3) is 3.78. The Morgan fingerprint density at radius 2 is 2.08 bits per heavy atom. The number of pyridine rings is 1. The monoisotopic (exact) mass is 341 g/mol. The van der Waals surface area contributed by atoms with Gasteiger partial charge in [0, 0.05) is 44.3 Å². The topological polar surface area (TPSA) is 41.7 Å². The Hall–Kier alpha value is -1.69. The fraction of sp³-hybridized carbons (Fsp3) is 0.550. The highest BCUT2D eigenvalue weighted by Crippen LogP contribution is 2.39. The Kier molecular flexibility index (Phi) is 4.88. The molecule has 134 valence electrons. The van der Waals surface area contributed by atoms with Gasteiger partial charge in [0.05, 0.1) is 31.7 Å². The zero-order valence-corrected chi connectivity index (χ0v) is 14.9. The largest absolute Gasteiger partial charge is 0.468 e. The van der Waals surface area contributed by atoms with Crippen LogP contribution in [0.25, 0.3) is 0 Å². The van der Waals surface area contributed by atoms with Gasteiger partial charge in [0.15, 0.2) is 0 Å². The first-order valence-electron chi connectivity index (χ1n) is 9.18. The minimum atomic E-state index is 0.192. The van der Waals surface area contributed by atoms with Crippen LogP contribution in [0.3, 0.4) is 0 Å². The molecule has 0 amide bonds. The first-order valence-corrected chi connectivity index (χ1v) is 9.18. The minimum absolute atomic E-state index is 0.192. The van der Waals surface area contributed by atoms with E-state index in [4.69, 9.17) is 9.15 Å². The second kappa shape index (κ2) is 7.28. The van der Waals surface area contributed by atoms with E-state index in [1.165, 1.54) is 0 Å². The van der Waals surface area contributed by atoms with Crippen molar-refractivity contribution in [2.45, 2.75) is 20.0 Å². The molecule has 4 rings (SSSR count). The molecule has 0 aromatic carbocycles. The van der Waals surface area contributed by atoms with Crippen LogP contribution in [0.4, 0.5) is 0 Å². The Morgan fingerprint density at radius 1 is 1.16 bits per heavy atom. The van der Waals surface area contributed by atoms with Crippen molar-refractivity contribution in [2.24, 2.45) is 11.3 Å². The summed E-state index contributed by atoms with van der Waals surface area (Å²) in [6.45, 7) is 10.0. The highest BCUT2D eigenvalue weighted by Gasteiger charge is 2.46. The third-order valence-corrected chi connectivity index (χ3v) is 5.67. The van der Waals surface area contributed by atoms with Gasteiger partial charge in [0.2, 0.25) is 0 Å². The van der Waals surface area contributed by atoms with Gasteiger partial charge in [-0.05, 0) is 30.2 Å². The van der Waals surface area contributed by atoms with E-state index in [1.54, 1.807) is 6.26 Å². The summed E-state index contributed by atoms with van der Waals surface area (Å²) in [5, 5.41) is 0. The number of likely N-dealkylation sites (tertiary alicyclic amines) is 1. The quantitative estimate of drug-likeness (QED) is 0.855. The van der Waals surface area contributed by atoms with Crippen LogP contribution in [0, 0.1) is 11.3 Å². The molecule has 5 heteroatoms. The summed E-state index contributed by atoms with van der Waals surface area (Å²) in [6, 6.07) is 10.2. The molecule has 0 bridgehead atoms. The molecule has 4 heterocycles. The van der Waals surface area contributed by atoms with Crippen molar-refractivity contribution < 1.29 is 9.15 Å². The SMILES string of the molecule is C[C@@H]1CN(Cc2ccco2)C[C@]12COCCN(Cc1ccccn1)C2. The van der Waals surface area contributed by atoms with Crippen LogP contribution in [0.15, 0.2) is 47.2 Å². The van der Waals surface area contributed by atoms with Gasteiger partial charge in [-0.25, -0.2) is 0 Å². The van der Waals surface area contributed by atoms with Crippen LogP contribution in [0.1, 0.15) is 18.4 Å². The average Bonchev–Trinajstić information content (AvgIpc) is 3.15. The molecule has 2 aromatic rings. The number of nitrogens with zero attached hydrogens (tertiary/aromatic N) is 3. The van der Waals surface area contributed by atoms with Crippen molar-refractivity contribution in [2.75, 3.05) is 39.4 Å². The molecule has 25 heavy (non-hydrogen) atoms. The molecule has 2 saturated heterocycles. The van der Waals surface area contributed by atoms with Crippen molar-refractivity contribution in [3.63, 3.8) is 0 Å². The molecular formula is C20H27N3O2. The van der Waals surface area contributed by atoms with Crippen molar-refractivity contribution in [3.8, 4) is 0 Å². The Labute approximate surface area is 149 Å². The van der Waals surface area contributed by atoms with Crippen LogP contribution in [0.5, 0.6) is 0 Å². The highest BCUT2D eigenvalue weighted by molar-refractivity contribution is 5.06. The number of hydrogen-bond donors (Lipinski definition) is 0. The zero-order valence-electron chi connectivity index (χ0n) is 14.9. The summed E-state index contributed by atoms with van der Waals surface area (Å²) >= 11 is 0. The van der Waals surface area contributed by atoms with Gasteiger partial charge >= 0.3 is 0 Å². The lowest BCUT2D eigenvalue weighted by atomic mass is 9.79. The molecule has 0 saturated carbocycles. The first-order chi connectivity index (χ1) is 12.2. The molecule has 2 aliphatic rings. The second-order valence-corrected chi connectivity index (χ2v) is 7.60.